The lowest BCUT2D eigenvalue weighted by Gasteiger charge is -2.28. The van der Waals surface area contributed by atoms with Crippen molar-refractivity contribution in [2.75, 3.05) is 19.8 Å². The van der Waals surface area contributed by atoms with Crippen molar-refractivity contribution >= 4 is 0 Å². The lowest BCUT2D eigenvalue weighted by Crippen LogP contribution is -2.39. The minimum atomic E-state index is 0.311. The molecule has 1 aromatic rings. The van der Waals surface area contributed by atoms with Gasteiger partial charge in [-0.15, -0.1) is 0 Å². The molecule has 100 valence electrons. The zero-order chi connectivity index (χ0) is 12.8. The first kappa shape index (κ1) is 13.4. The Morgan fingerprint density at radius 2 is 2.11 bits per heavy atom. The Morgan fingerprint density at radius 3 is 2.72 bits per heavy atom. The Labute approximate surface area is 109 Å². The molecule has 2 rings (SSSR count). The van der Waals surface area contributed by atoms with Gasteiger partial charge in [0.1, 0.15) is 5.75 Å². The predicted molar refractivity (Wildman–Crippen MR) is 73.0 cm³/mol. The van der Waals surface area contributed by atoms with Crippen LogP contribution in [0.5, 0.6) is 5.75 Å². The van der Waals surface area contributed by atoms with Crippen LogP contribution >= 0.6 is 0 Å². The number of rotatable bonds is 5. The second-order valence-corrected chi connectivity index (χ2v) is 4.88. The Balaban J connectivity index is 1.87. The highest BCUT2D eigenvalue weighted by Crippen LogP contribution is 2.20. The molecule has 3 nitrogen and oxygen atoms in total. The summed E-state index contributed by atoms with van der Waals surface area (Å²) in [5, 5.41) is 3.49. The first-order valence-electron chi connectivity index (χ1n) is 6.87. The van der Waals surface area contributed by atoms with Crippen LogP contribution in [0.2, 0.25) is 0 Å². The number of unbranched alkanes of at least 4 members (excludes halogenated alkanes) is 1. The van der Waals surface area contributed by atoms with Crippen LogP contribution in [0.1, 0.15) is 38.3 Å². The molecule has 1 aromatic carbocycles. The van der Waals surface area contributed by atoms with E-state index >= 15 is 0 Å². The van der Waals surface area contributed by atoms with Crippen LogP contribution < -0.4 is 10.1 Å². The van der Waals surface area contributed by atoms with E-state index in [0.29, 0.717) is 12.1 Å². The first-order chi connectivity index (χ1) is 8.79. The van der Waals surface area contributed by atoms with Crippen molar-refractivity contribution in [2.45, 2.75) is 38.8 Å². The van der Waals surface area contributed by atoms with Gasteiger partial charge in [-0.25, -0.2) is 0 Å². The third-order valence-corrected chi connectivity index (χ3v) is 3.25. The average molecular weight is 249 g/mol. The SMILES string of the molecule is CCCCOc1ccc(C2COC(C)CN2)cc1. The van der Waals surface area contributed by atoms with E-state index in [-0.39, 0.29) is 0 Å². The van der Waals surface area contributed by atoms with Gasteiger partial charge < -0.3 is 14.8 Å². The van der Waals surface area contributed by atoms with Gasteiger partial charge >= 0.3 is 0 Å². The van der Waals surface area contributed by atoms with Crippen molar-refractivity contribution in [1.29, 1.82) is 0 Å². The monoisotopic (exact) mass is 249 g/mol. The Morgan fingerprint density at radius 1 is 1.33 bits per heavy atom. The number of benzene rings is 1. The van der Waals surface area contributed by atoms with Crippen LogP contribution in [0.3, 0.4) is 0 Å². The normalized spacial score (nSPS) is 23.9. The summed E-state index contributed by atoms with van der Waals surface area (Å²) in [7, 11) is 0. The molecule has 0 bridgehead atoms. The second-order valence-electron chi connectivity index (χ2n) is 4.88. The molecule has 1 N–H and O–H groups in total. The quantitative estimate of drug-likeness (QED) is 0.814. The highest BCUT2D eigenvalue weighted by molar-refractivity contribution is 5.29. The summed E-state index contributed by atoms with van der Waals surface area (Å²) in [6.07, 6.45) is 2.59. The van der Waals surface area contributed by atoms with E-state index in [1.807, 2.05) is 12.1 Å². The van der Waals surface area contributed by atoms with Crippen molar-refractivity contribution < 1.29 is 9.47 Å². The fourth-order valence-corrected chi connectivity index (χ4v) is 2.03. The maximum Gasteiger partial charge on any atom is 0.119 e. The van der Waals surface area contributed by atoms with E-state index in [0.717, 1.165) is 31.9 Å². The van der Waals surface area contributed by atoms with Crippen LogP contribution in [0.15, 0.2) is 24.3 Å². The zero-order valence-electron chi connectivity index (χ0n) is 11.3. The van der Waals surface area contributed by atoms with Crippen LogP contribution in [-0.4, -0.2) is 25.9 Å². The minimum Gasteiger partial charge on any atom is -0.494 e. The maximum atomic E-state index is 5.66. The Kier molecular flexibility index (Phi) is 5.02. The molecule has 1 fully saturated rings. The van der Waals surface area contributed by atoms with Crippen molar-refractivity contribution in [3.63, 3.8) is 0 Å². The summed E-state index contributed by atoms with van der Waals surface area (Å²) in [6, 6.07) is 8.65. The van der Waals surface area contributed by atoms with Crippen molar-refractivity contribution in [2.24, 2.45) is 0 Å². The highest BCUT2D eigenvalue weighted by Gasteiger charge is 2.18. The van der Waals surface area contributed by atoms with E-state index in [1.165, 1.54) is 12.0 Å². The predicted octanol–water partition coefficient (Wildman–Crippen LogP) is 2.91. The third kappa shape index (κ3) is 3.72. The van der Waals surface area contributed by atoms with E-state index in [2.05, 4.69) is 31.3 Å². The molecule has 0 amide bonds. The molecule has 0 radical (unpaired) electrons. The van der Waals surface area contributed by atoms with Crippen LogP contribution in [0.4, 0.5) is 0 Å². The first-order valence-corrected chi connectivity index (χ1v) is 6.87. The standard InChI is InChI=1S/C15H23NO2/c1-3-4-9-17-14-7-5-13(6-8-14)15-11-18-12(2)10-16-15/h5-8,12,15-16H,3-4,9-11H2,1-2H3. The van der Waals surface area contributed by atoms with Crippen molar-refractivity contribution in [3.8, 4) is 5.75 Å². The molecule has 1 aliphatic rings. The molecular weight excluding hydrogens is 226 g/mol. The van der Waals surface area contributed by atoms with Gasteiger partial charge in [-0.3, -0.25) is 0 Å². The van der Waals surface area contributed by atoms with Gasteiger partial charge in [0.15, 0.2) is 0 Å². The van der Waals surface area contributed by atoms with Crippen LogP contribution in [0, 0.1) is 0 Å². The van der Waals surface area contributed by atoms with E-state index < -0.39 is 0 Å². The molecule has 1 heterocycles. The molecule has 1 saturated heterocycles. The molecule has 1 aliphatic heterocycles. The lowest BCUT2D eigenvalue weighted by atomic mass is 10.1. The molecule has 2 atom stereocenters. The van der Waals surface area contributed by atoms with Gasteiger partial charge in [0, 0.05) is 6.54 Å². The van der Waals surface area contributed by atoms with E-state index in [9.17, 15) is 0 Å². The van der Waals surface area contributed by atoms with Crippen LogP contribution in [-0.2, 0) is 4.74 Å². The number of morpholine rings is 1. The Hall–Kier alpha value is -1.06. The number of hydrogen-bond donors (Lipinski definition) is 1. The smallest absolute Gasteiger partial charge is 0.119 e. The van der Waals surface area contributed by atoms with Crippen molar-refractivity contribution in [1.82, 2.24) is 5.32 Å². The van der Waals surface area contributed by atoms with Gasteiger partial charge in [-0.2, -0.15) is 0 Å². The van der Waals surface area contributed by atoms with Gasteiger partial charge in [-0.1, -0.05) is 25.5 Å². The van der Waals surface area contributed by atoms with E-state index in [1.54, 1.807) is 0 Å². The summed E-state index contributed by atoms with van der Waals surface area (Å²) in [4.78, 5) is 0. The van der Waals surface area contributed by atoms with Gasteiger partial charge in [-0.05, 0) is 31.0 Å². The molecule has 0 aromatic heterocycles. The van der Waals surface area contributed by atoms with Gasteiger partial charge in [0.25, 0.3) is 0 Å². The molecule has 18 heavy (non-hydrogen) atoms. The summed E-state index contributed by atoms with van der Waals surface area (Å²) in [6.45, 7) is 6.73. The molecule has 0 saturated carbocycles. The molecule has 3 heteroatoms. The lowest BCUT2D eigenvalue weighted by molar-refractivity contribution is 0.0149. The second kappa shape index (κ2) is 6.76. The fraction of sp³-hybridized carbons (Fsp3) is 0.600. The van der Waals surface area contributed by atoms with Gasteiger partial charge in [0.05, 0.1) is 25.4 Å². The maximum absolute atomic E-state index is 5.66. The largest absolute Gasteiger partial charge is 0.494 e. The highest BCUT2D eigenvalue weighted by atomic mass is 16.5. The average Bonchev–Trinajstić information content (AvgIpc) is 2.41. The van der Waals surface area contributed by atoms with Gasteiger partial charge in [0.2, 0.25) is 0 Å². The summed E-state index contributed by atoms with van der Waals surface area (Å²) < 4.78 is 11.3. The molecule has 0 aliphatic carbocycles. The van der Waals surface area contributed by atoms with E-state index in [4.69, 9.17) is 9.47 Å². The topological polar surface area (TPSA) is 30.5 Å². The van der Waals surface area contributed by atoms with Crippen molar-refractivity contribution in [3.05, 3.63) is 29.8 Å². The van der Waals surface area contributed by atoms with Crippen LogP contribution in [0.25, 0.3) is 0 Å². The Bertz CT molecular complexity index is 342. The third-order valence-electron chi connectivity index (χ3n) is 3.25. The number of ether oxygens (including phenoxy) is 2. The molecule has 0 spiro atoms. The number of nitrogens with one attached hydrogen (secondary N) is 1. The zero-order valence-corrected chi connectivity index (χ0v) is 11.3. The minimum absolute atomic E-state index is 0.311. The number of hydrogen-bond acceptors (Lipinski definition) is 3. The fourth-order valence-electron chi connectivity index (χ4n) is 2.03. The summed E-state index contributed by atoms with van der Waals surface area (Å²) >= 11 is 0. The summed E-state index contributed by atoms with van der Waals surface area (Å²) in [5.41, 5.74) is 1.27. The molecule has 2 unspecified atom stereocenters. The summed E-state index contributed by atoms with van der Waals surface area (Å²) in [5.74, 6) is 0.956. The molecular formula is C15H23NO2.